The summed E-state index contributed by atoms with van der Waals surface area (Å²) in [5.41, 5.74) is 0. The maximum atomic E-state index is 11.7. The highest BCUT2D eigenvalue weighted by atomic mass is 32.5. The van der Waals surface area contributed by atoms with Crippen molar-refractivity contribution in [1.82, 2.24) is 10.2 Å². The van der Waals surface area contributed by atoms with Gasteiger partial charge in [-0.1, -0.05) is 19.4 Å². The molecule has 66 valence electrons. The molecule has 0 saturated carbocycles. The molecule has 0 atom stereocenters. The Balaban J connectivity index is 3.33. The number of nitrogens with zero attached hydrogens (tertiary/aromatic N) is 1. The molecule has 1 aromatic rings. The molecular formula is C3H3F5N2S. The van der Waals surface area contributed by atoms with Crippen LogP contribution in [0.25, 0.3) is 0 Å². The van der Waals surface area contributed by atoms with E-state index in [2.05, 4.69) is 5.10 Å². The summed E-state index contributed by atoms with van der Waals surface area (Å²) in [6.45, 7) is 0. The van der Waals surface area contributed by atoms with Crippen LogP contribution in [0, 0.1) is 0 Å². The second-order valence-electron chi connectivity index (χ2n) is 1.90. The fourth-order valence-corrected chi connectivity index (χ4v) is 0.977. The summed E-state index contributed by atoms with van der Waals surface area (Å²) in [4.78, 5) is -2.00. The first-order chi connectivity index (χ1) is 4.59. The van der Waals surface area contributed by atoms with Crippen LogP contribution in [0.3, 0.4) is 0 Å². The summed E-state index contributed by atoms with van der Waals surface area (Å²) in [5.74, 6) is 0. The lowest BCUT2D eigenvalue weighted by molar-refractivity contribution is 0.364. The van der Waals surface area contributed by atoms with Crippen LogP contribution in [0.2, 0.25) is 0 Å². The van der Waals surface area contributed by atoms with Crippen LogP contribution in [0.15, 0.2) is 17.3 Å². The van der Waals surface area contributed by atoms with E-state index in [9.17, 15) is 19.4 Å². The molecule has 1 N–H and O–H groups in total. The van der Waals surface area contributed by atoms with E-state index in [4.69, 9.17) is 0 Å². The van der Waals surface area contributed by atoms with E-state index in [0.29, 0.717) is 0 Å². The average molecular weight is 194 g/mol. The van der Waals surface area contributed by atoms with Gasteiger partial charge in [0.2, 0.25) is 0 Å². The molecule has 0 amide bonds. The van der Waals surface area contributed by atoms with Crippen LogP contribution in [0.1, 0.15) is 0 Å². The number of aromatic amines is 1. The van der Waals surface area contributed by atoms with Gasteiger partial charge in [0.25, 0.3) is 0 Å². The van der Waals surface area contributed by atoms with Gasteiger partial charge < -0.3 is 0 Å². The molecule has 0 aromatic carbocycles. The molecule has 11 heavy (non-hydrogen) atoms. The molecule has 0 aliphatic rings. The number of rotatable bonds is 1. The summed E-state index contributed by atoms with van der Waals surface area (Å²) in [5, 5.41) is 4.45. The summed E-state index contributed by atoms with van der Waals surface area (Å²) in [7, 11) is -9.46. The molecule has 1 aromatic heterocycles. The largest absolute Gasteiger partial charge is 0.313 e. The van der Waals surface area contributed by atoms with Crippen molar-refractivity contribution in [2.75, 3.05) is 0 Å². The summed E-state index contributed by atoms with van der Waals surface area (Å²) >= 11 is 0. The number of hydrogen-bond donors (Lipinski definition) is 1. The van der Waals surface area contributed by atoms with E-state index in [1.54, 1.807) is 5.10 Å². The second kappa shape index (κ2) is 1.38. The zero-order chi connectivity index (χ0) is 8.81. The Bertz CT molecular complexity index is 258. The quantitative estimate of drug-likeness (QED) is 0.683. The Kier molecular flexibility index (Phi) is 1.04. The third-order valence-electron chi connectivity index (χ3n) is 0.919. The van der Waals surface area contributed by atoms with E-state index in [1.165, 1.54) is 0 Å². The van der Waals surface area contributed by atoms with Gasteiger partial charge in [-0.3, -0.25) is 5.10 Å². The highest BCUT2D eigenvalue weighted by Crippen LogP contribution is 3.01. The number of aromatic nitrogens is 2. The molecule has 0 aliphatic carbocycles. The van der Waals surface area contributed by atoms with Crippen molar-refractivity contribution in [3.63, 3.8) is 0 Å². The van der Waals surface area contributed by atoms with E-state index in [1.807, 2.05) is 0 Å². The summed E-state index contributed by atoms with van der Waals surface area (Å²) in [6.07, 6.45) is 0.184. The number of nitrogens with one attached hydrogen (secondary N) is 1. The molecule has 2 nitrogen and oxygen atoms in total. The molecule has 0 unspecified atom stereocenters. The average Bonchev–Trinajstić information content (AvgIpc) is 2.01. The van der Waals surface area contributed by atoms with Crippen molar-refractivity contribution < 1.29 is 19.4 Å². The van der Waals surface area contributed by atoms with Gasteiger partial charge in [0.1, 0.15) is 4.90 Å². The second-order valence-corrected chi connectivity index (χ2v) is 4.31. The fraction of sp³-hybridized carbons (Fsp3) is 0. The van der Waals surface area contributed by atoms with Crippen LogP contribution in [-0.2, 0) is 0 Å². The van der Waals surface area contributed by atoms with Crippen LogP contribution in [0.5, 0.6) is 0 Å². The topological polar surface area (TPSA) is 28.7 Å². The van der Waals surface area contributed by atoms with Crippen LogP contribution in [-0.4, -0.2) is 10.2 Å². The number of H-pyrrole nitrogens is 1. The standard InChI is InChI=1S/C3H3F5N2S/c4-11(5,6,7,8)3-1-9-10-2-3/h1-2H,(H,9,10). The lowest BCUT2D eigenvalue weighted by Gasteiger charge is -2.38. The molecule has 0 bridgehead atoms. The third-order valence-corrected chi connectivity index (χ3v) is 2.03. The predicted molar refractivity (Wildman–Crippen MR) is 30.0 cm³/mol. The Morgan fingerprint density at radius 3 is 1.91 bits per heavy atom. The van der Waals surface area contributed by atoms with Crippen LogP contribution >= 0.6 is 10.2 Å². The SMILES string of the molecule is FS(F)(F)(F)(F)c1cn[nH]c1. The van der Waals surface area contributed by atoms with Crippen molar-refractivity contribution in [1.29, 1.82) is 0 Å². The van der Waals surface area contributed by atoms with Gasteiger partial charge in [-0.2, -0.15) is 5.10 Å². The van der Waals surface area contributed by atoms with E-state index in [0.717, 1.165) is 0 Å². The van der Waals surface area contributed by atoms with Gasteiger partial charge >= 0.3 is 10.2 Å². The Morgan fingerprint density at radius 2 is 1.73 bits per heavy atom. The Morgan fingerprint density at radius 1 is 1.18 bits per heavy atom. The maximum Gasteiger partial charge on any atom is 0.313 e. The third kappa shape index (κ3) is 1.82. The predicted octanol–water partition coefficient (Wildman–Crippen LogP) is 3.07. The lowest BCUT2D eigenvalue weighted by atomic mass is 10.7. The fourth-order valence-electron chi connectivity index (χ4n) is 0.450. The van der Waals surface area contributed by atoms with Crippen molar-refractivity contribution in [2.24, 2.45) is 0 Å². The monoisotopic (exact) mass is 194 g/mol. The lowest BCUT2D eigenvalue weighted by Crippen LogP contribution is -2.04. The summed E-state index contributed by atoms with van der Waals surface area (Å²) < 4.78 is 58.6. The zero-order valence-corrected chi connectivity index (χ0v) is 5.72. The molecule has 8 heteroatoms. The maximum absolute atomic E-state index is 11.7. The minimum Gasteiger partial charge on any atom is -0.284 e. The number of halogens is 5. The molecule has 0 saturated heterocycles. The molecule has 1 heterocycles. The van der Waals surface area contributed by atoms with Gasteiger partial charge in [0.05, 0.1) is 6.20 Å². The zero-order valence-electron chi connectivity index (χ0n) is 4.90. The van der Waals surface area contributed by atoms with E-state index >= 15 is 0 Å². The highest BCUT2D eigenvalue weighted by molar-refractivity contribution is 8.45. The first-order valence-electron chi connectivity index (χ1n) is 2.32. The molecule has 0 radical (unpaired) electrons. The molecule has 0 aliphatic heterocycles. The van der Waals surface area contributed by atoms with E-state index < -0.39 is 15.1 Å². The highest BCUT2D eigenvalue weighted by Gasteiger charge is 2.66. The van der Waals surface area contributed by atoms with Crippen molar-refractivity contribution in [2.45, 2.75) is 4.90 Å². The first-order valence-corrected chi connectivity index (χ1v) is 4.27. The smallest absolute Gasteiger partial charge is 0.284 e. The minimum absolute atomic E-state index is 0.0571. The Labute approximate surface area is 58.1 Å². The van der Waals surface area contributed by atoms with Crippen LogP contribution < -0.4 is 0 Å². The number of hydrogen-bond acceptors (Lipinski definition) is 1. The van der Waals surface area contributed by atoms with Gasteiger partial charge in [0, 0.05) is 6.20 Å². The summed E-state index contributed by atoms with van der Waals surface area (Å²) in [6, 6.07) is 0. The van der Waals surface area contributed by atoms with Gasteiger partial charge in [-0.15, -0.1) is 0 Å². The Hall–Kier alpha value is -0.790. The van der Waals surface area contributed by atoms with Gasteiger partial charge in [-0.25, -0.2) is 0 Å². The van der Waals surface area contributed by atoms with Crippen molar-refractivity contribution in [3.05, 3.63) is 12.4 Å². The normalized spacial score (nSPS) is 19.0. The van der Waals surface area contributed by atoms with Gasteiger partial charge in [-0.05, 0) is 0 Å². The molecule has 0 fully saturated rings. The molecule has 0 spiro atoms. The van der Waals surface area contributed by atoms with Crippen molar-refractivity contribution in [3.8, 4) is 0 Å². The molecule has 1 rings (SSSR count). The minimum atomic E-state index is -9.46. The van der Waals surface area contributed by atoms with E-state index in [-0.39, 0.29) is 12.4 Å². The molecular weight excluding hydrogens is 191 g/mol. The van der Waals surface area contributed by atoms with Crippen molar-refractivity contribution >= 4 is 10.2 Å². The van der Waals surface area contributed by atoms with Gasteiger partial charge in [0.15, 0.2) is 0 Å². The van der Waals surface area contributed by atoms with Crippen LogP contribution in [0.4, 0.5) is 19.4 Å². The first kappa shape index (κ1) is 8.31.